The highest BCUT2D eigenvalue weighted by Gasteiger charge is 2.13. The molecule has 1 aromatic heterocycles. The van der Waals surface area contributed by atoms with Gasteiger partial charge < -0.3 is 0 Å². The molecule has 1 aliphatic heterocycles. The van der Waals surface area contributed by atoms with Gasteiger partial charge in [-0.3, -0.25) is 4.90 Å². The maximum atomic E-state index is 8.62. The van der Waals surface area contributed by atoms with E-state index in [1.165, 1.54) is 37.3 Å². The highest BCUT2D eigenvalue weighted by atomic mass is 32.1. The smallest absolute Gasteiger partial charge is 0.124 e. The minimum absolute atomic E-state index is 0.717. The average Bonchev–Trinajstić information content (AvgIpc) is 2.76. The minimum Gasteiger partial charge on any atom is -0.297 e. The first-order valence-corrected chi connectivity index (χ1v) is 5.27. The molecule has 2 heterocycles. The van der Waals surface area contributed by atoms with Gasteiger partial charge in [0.1, 0.15) is 16.0 Å². The average molecular weight is 193 g/mol. The van der Waals surface area contributed by atoms with Crippen LogP contribution in [0.1, 0.15) is 22.7 Å². The first-order valence-electron chi connectivity index (χ1n) is 4.45. The maximum Gasteiger partial charge on any atom is 0.124 e. The molecular formula is C9H11N3S. The van der Waals surface area contributed by atoms with Crippen molar-refractivity contribution in [1.29, 1.82) is 5.26 Å². The van der Waals surface area contributed by atoms with Gasteiger partial charge in [-0.2, -0.15) is 5.26 Å². The lowest BCUT2D eigenvalue weighted by atomic mass is 10.4. The van der Waals surface area contributed by atoms with Crippen LogP contribution in [0.3, 0.4) is 0 Å². The molecule has 0 aromatic carbocycles. The van der Waals surface area contributed by atoms with Gasteiger partial charge in [0.15, 0.2) is 0 Å². The standard InChI is InChI=1S/C9H11N3S/c10-5-8-6-11-9(13-8)7-12-3-1-2-4-12/h6H,1-4,7H2. The van der Waals surface area contributed by atoms with E-state index in [2.05, 4.69) is 16.0 Å². The van der Waals surface area contributed by atoms with Crippen LogP contribution in [0.25, 0.3) is 0 Å². The van der Waals surface area contributed by atoms with E-state index in [1.807, 2.05) is 0 Å². The Morgan fingerprint density at radius 3 is 2.92 bits per heavy atom. The molecule has 4 heteroatoms. The molecular weight excluding hydrogens is 182 g/mol. The largest absolute Gasteiger partial charge is 0.297 e. The Morgan fingerprint density at radius 2 is 2.31 bits per heavy atom. The molecule has 0 radical (unpaired) electrons. The van der Waals surface area contributed by atoms with Gasteiger partial charge in [-0.1, -0.05) is 0 Å². The lowest BCUT2D eigenvalue weighted by molar-refractivity contribution is 0.331. The van der Waals surface area contributed by atoms with E-state index >= 15 is 0 Å². The molecule has 0 aliphatic carbocycles. The predicted octanol–water partition coefficient (Wildman–Crippen LogP) is 1.61. The Morgan fingerprint density at radius 1 is 1.54 bits per heavy atom. The second-order valence-electron chi connectivity index (χ2n) is 3.21. The third kappa shape index (κ3) is 2.06. The molecule has 2 rings (SSSR count). The minimum atomic E-state index is 0.717. The van der Waals surface area contributed by atoms with E-state index in [9.17, 15) is 0 Å². The first kappa shape index (κ1) is 8.67. The number of likely N-dealkylation sites (tertiary alicyclic amines) is 1. The summed E-state index contributed by atoms with van der Waals surface area (Å²) in [6.45, 7) is 3.29. The number of hydrogen-bond acceptors (Lipinski definition) is 4. The van der Waals surface area contributed by atoms with Crippen molar-refractivity contribution in [2.45, 2.75) is 19.4 Å². The molecule has 68 valence electrons. The van der Waals surface area contributed by atoms with Gasteiger partial charge in [-0.15, -0.1) is 11.3 Å². The number of rotatable bonds is 2. The van der Waals surface area contributed by atoms with Crippen LogP contribution in [0.2, 0.25) is 0 Å². The molecule has 0 bridgehead atoms. The Hall–Kier alpha value is -0.920. The normalized spacial score (nSPS) is 17.5. The van der Waals surface area contributed by atoms with Crippen molar-refractivity contribution in [3.05, 3.63) is 16.1 Å². The fraction of sp³-hybridized carbons (Fsp3) is 0.556. The molecule has 0 atom stereocenters. The van der Waals surface area contributed by atoms with Crippen LogP contribution in [0.5, 0.6) is 0 Å². The highest BCUT2D eigenvalue weighted by Crippen LogP contribution is 2.16. The van der Waals surface area contributed by atoms with Crippen molar-refractivity contribution >= 4 is 11.3 Å². The molecule has 13 heavy (non-hydrogen) atoms. The van der Waals surface area contributed by atoms with Gasteiger partial charge in [0.2, 0.25) is 0 Å². The van der Waals surface area contributed by atoms with Crippen molar-refractivity contribution in [2.75, 3.05) is 13.1 Å². The number of hydrogen-bond donors (Lipinski definition) is 0. The van der Waals surface area contributed by atoms with Gasteiger partial charge in [-0.05, 0) is 25.9 Å². The lowest BCUT2D eigenvalue weighted by Crippen LogP contribution is -2.17. The topological polar surface area (TPSA) is 39.9 Å². The second kappa shape index (κ2) is 3.86. The molecule has 0 spiro atoms. The van der Waals surface area contributed by atoms with Crippen molar-refractivity contribution in [3.8, 4) is 6.07 Å². The van der Waals surface area contributed by atoms with Crippen LogP contribution in [0, 0.1) is 11.3 Å². The van der Waals surface area contributed by atoms with Crippen molar-refractivity contribution < 1.29 is 0 Å². The van der Waals surface area contributed by atoms with Crippen LogP contribution in [0.15, 0.2) is 6.20 Å². The summed E-state index contributed by atoms with van der Waals surface area (Å²) in [6.07, 6.45) is 4.27. The van der Waals surface area contributed by atoms with E-state index in [-0.39, 0.29) is 0 Å². The quantitative estimate of drug-likeness (QED) is 0.716. The molecule has 1 aromatic rings. The fourth-order valence-electron chi connectivity index (χ4n) is 1.57. The molecule has 1 aliphatic rings. The Labute approximate surface area is 81.6 Å². The van der Waals surface area contributed by atoms with E-state index < -0.39 is 0 Å². The van der Waals surface area contributed by atoms with Gasteiger partial charge >= 0.3 is 0 Å². The SMILES string of the molecule is N#Cc1cnc(CN2CCCC2)s1. The molecule has 3 nitrogen and oxygen atoms in total. The van der Waals surface area contributed by atoms with Gasteiger partial charge in [0.05, 0.1) is 12.7 Å². The highest BCUT2D eigenvalue weighted by molar-refractivity contribution is 7.12. The Kier molecular flexibility index (Phi) is 2.57. The molecule has 0 amide bonds. The van der Waals surface area contributed by atoms with Gasteiger partial charge in [-0.25, -0.2) is 4.98 Å². The second-order valence-corrected chi connectivity index (χ2v) is 4.33. The summed E-state index contributed by atoms with van der Waals surface area (Å²) < 4.78 is 0. The van der Waals surface area contributed by atoms with Crippen LogP contribution in [-0.2, 0) is 6.54 Å². The summed E-state index contributed by atoms with van der Waals surface area (Å²) in [4.78, 5) is 7.31. The molecule has 0 saturated carbocycles. The van der Waals surface area contributed by atoms with E-state index in [0.29, 0.717) is 4.88 Å². The zero-order valence-electron chi connectivity index (χ0n) is 7.36. The number of nitrogens with zero attached hydrogens (tertiary/aromatic N) is 3. The van der Waals surface area contributed by atoms with Crippen LogP contribution in [0.4, 0.5) is 0 Å². The Bertz CT molecular complexity index is 320. The van der Waals surface area contributed by atoms with E-state index in [1.54, 1.807) is 6.20 Å². The lowest BCUT2D eigenvalue weighted by Gasteiger charge is -2.11. The zero-order valence-corrected chi connectivity index (χ0v) is 8.18. The van der Waals surface area contributed by atoms with E-state index in [4.69, 9.17) is 5.26 Å². The molecule has 1 saturated heterocycles. The van der Waals surface area contributed by atoms with Gasteiger partial charge in [0, 0.05) is 0 Å². The Balaban J connectivity index is 1.97. The zero-order chi connectivity index (χ0) is 9.10. The number of aromatic nitrogens is 1. The summed E-state index contributed by atoms with van der Waals surface area (Å²) in [6, 6.07) is 2.11. The van der Waals surface area contributed by atoms with Crippen molar-refractivity contribution in [1.82, 2.24) is 9.88 Å². The summed E-state index contributed by atoms with van der Waals surface area (Å²) >= 11 is 1.51. The summed E-state index contributed by atoms with van der Waals surface area (Å²) in [5.41, 5.74) is 0. The monoisotopic (exact) mass is 193 g/mol. The molecule has 0 N–H and O–H groups in total. The summed E-state index contributed by atoms with van der Waals surface area (Å²) in [5, 5.41) is 9.69. The third-order valence-corrected chi connectivity index (χ3v) is 3.11. The maximum absolute atomic E-state index is 8.62. The number of nitriles is 1. The first-order chi connectivity index (χ1) is 6.38. The van der Waals surface area contributed by atoms with Crippen LogP contribution < -0.4 is 0 Å². The predicted molar refractivity (Wildman–Crippen MR) is 51.3 cm³/mol. The number of thiazole rings is 1. The fourth-order valence-corrected chi connectivity index (χ4v) is 2.32. The molecule has 1 fully saturated rings. The molecule has 0 unspecified atom stereocenters. The third-order valence-electron chi connectivity index (χ3n) is 2.22. The van der Waals surface area contributed by atoms with E-state index in [0.717, 1.165) is 11.6 Å². The summed E-state index contributed by atoms with van der Waals surface area (Å²) in [7, 11) is 0. The van der Waals surface area contributed by atoms with Gasteiger partial charge in [0.25, 0.3) is 0 Å². The van der Waals surface area contributed by atoms with Crippen molar-refractivity contribution in [2.24, 2.45) is 0 Å². The van der Waals surface area contributed by atoms with Crippen LogP contribution >= 0.6 is 11.3 Å². The summed E-state index contributed by atoms with van der Waals surface area (Å²) in [5.74, 6) is 0. The van der Waals surface area contributed by atoms with Crippen LogP contribution in [-0.4, -0.2) is 23.0 Å². The van der Waals surface area contributed by atoms with Crippen molar-refractivity contribution in [3.63, 3.8) is 0 Å².